The number of hydrogen-bond donors (Lipinski definition) is 2. The standard InChI is InChI=1S/C21H28N2/c1-4-20(5-2)14-21(6-3,15-7-9-16(22)10-8-15)18-12-11-17(23)13-19(18)20/h7-13H,4-6,14,22-23H2,1-3H3. The first-order chi connectivity index (χ1) is 11.0. The van der Waals surface area contributed by atoms with Crippen molar-refractivity contribution in [1.29, 1.82) is 0 Å². The molecule has 122 valence electrons. The van der Waals surface area contributed by atoms with Gasteiger partial charge in [0, 0.05) is 16.8 Å². The van der Waals surface area contributed by atoms with Crippen molar-refractivity contribution >= 4 is 11.4 Å². The van der Waals surface area contributed by atoms with Crippen LogP contribution in [0, 0.1) is 0 Å². The molecule has 3 rings (SSSR count). The number of nitrogen functional groups attached to an aromatic ring is 2. The van der Waals surface area contributed by atoms with Gasteiger partial charge in [-0.3, -0.25) is 0 Å². The number of fused-ring (bicyclic) bond motifs is 1. The molecule has 1 unspecified atom stereocenters. The normalized spacial score (nSPS) is 22.0. The second-order valence-electron chi connectivity index (χ2n) is 7.03. The minimum absolute atomic E-state index is 0.0722. The summed E-state index contributed by atoms with van der Waals surface area (Å²) < 4.78 is 0. The maximum Gasteiger partial charge on any atom is 0.0317 e. The summed E-state index contributed by atoms with van der Waals surface area (Å²) in [5.41, 5.74) is 18.3. The van der Waals surface area contributed by atoms with E-state index in [-0.39, 0.29) is 10.8 Å². The van der Waals surface area contributed by atoms with Crippen LogP contribution in [-0.2, 0) is 10.8 Å². The minimum atomic E-state index is 0.0722. The highest BCUT2D eigenvalue weighted by Crippen LogP contribution is 2.57. The second kappa shape index (κ2) is 5.59. The molecule has 0 heterocycles. The highest BCUT2D eigenvalue weighted by Gasteiger charge is 2.50. The number of benzene rings is 2. The van der Waals surface area contributed by atoms with Gasteiger partial charge in [0.1, 0.15) is 0 Å². The predicted molar refractivity (Wildman–Crippen MR) is 99.7 cm³/mol. The summed E-state index contributed by atoms with van der Waals surface area (Å²) in [6.45, 7) is 6.92. The first-order valence-corrected chi connectivity index (χ1v) is 8.78. The summed E-state index contributed by atoms with van der Waals surface area (Å²) in [6, 6.07) is 15.0. The molecule has 2 aromatic carbocycles. The zero-order chi connectivity index (χ0) is 16.7. The van der Waals surface area contributed by atoms with Gasteiger partial charge in [-0.2, -0.15) is 0 Å². The van der Waals surface area contributed by atoms with Crippen molar-refractivity contribution in [3.05, 3.63) is 59.2 Å². The van der Waals surface area contributed by atoms with Crippen molar-refractivity contribution in [2.24, 2.45) is 0 Å². The van der Waals surface area contributed by atoms with E-state index in [9.17, 15) is 0 Å². The SMILES string of the molecule is CCC1(CC)CC(CC)(c2ccc(N)cc2)c2ccc(N)cc21. The van der Waals surface area contributed by atoms with E-state index in [0.717, 1.165) is 37.1 Å². The smallest absolute Gasteiger partial charge is 0.0317 e. The fourth-order valence-electron chi connectivity index (χ4n) is 4.65. The van der Waals surface area contributed by atoms with Gasteiger partial charge in [0.05, 0.1) is 0 Å². The molecule has 0 fully saturated rings. The van der Waals surface area contributed by atoms with Gasteiger partial charge in [-0.1, -0.05) is 39.0 Å². The summed E-state index contributed by atoms with van der Waals surface area (Å²) in [5.74, 6) is 0. The molecule has 4 N–H and O–H groups in total. The lowest BCUT2D eigenvalue weighted by molar-refractivity contribution is 0.324. The van der Waals surface area contributed by atoms with Crippen LogP contribution in [0.1, 0.15) is 63.1 Å². The molecule has 0 aliphatic heterocycles. The molecule has 0 aromatic heterocycles. The van der Waals surface area contributed by atoms with Crippen molar-refractivity contribution in [2.45, 2.75) is 57.3 Å². The Morgan fingerprint density at radius 1 is 0.783 bits per heavy atom. The number of nitrogens with two attached hydrogens (primary N) is 2. The molecular weight excluding hydrogens is 280 g/mol. The molecule has 0 spiro atoms. The van der Waals surface area contributed by atoms with Crippen LogP contribution in [0.5, 0.6) is 0 Å². The van der Waals surface area contributed by atoms with Gasteiger partial charge in [0.2, 0.25) is 0 Å². The van der Waals surface area contributed by atoms with E-state index < -0.39 is 0 Å². The van der Waals surface area contributed by atoms with Crippen LogP contribution >= 0.6 is 0 Å². The third-order valence-electron chi connectivity index (χ3n) is 6.19. The lowest BCUT2D eigenvalue weighted by atomic mass is 9.69. The molecule has 2 nitrogen and oxygen atoms in total. The molecule has 0 amide bonds. The van der Waals surface area contributed by atoms with Crippen LogP contribution < -0.4 is 11.5 Å². The van der Waals surface area contributed by atoms with Crippen LogP contribution in [0.2, 0.25) is 0 Å². The Bertz CT molecular complexity index is 698. The van der Waals surface area contributed by atoms with Crippen LogP contribution in [0.25, 0.3) is 0 Å². The van der Waals surface area contributed by atoms with E-state index in [2.05, 4.69) is 51.1 Å². The molecule has 1 atom stereocenters. The first-order valence-electron chi connectivity index (χ1n) is 8.78. The maximum atomic E-state index is 6.13. The molecule has 2 heteroatoms. The number of hydrogen-bond acceptors (Lipinski definition) is 2. The molecule has 0 saturated heterocycles. The van der Waals surface area contributed by atoms with Gasteiger partial charge in [0.25, 0.3) is 0 Å². The lowest BCUT2D eigenvalue weighted by Gasteiger charge is -2.34. The molecule has 1 aliphatic carbocycles. The molecule has 23 heavy (non-hydrogen) atoms. The van der Waals surface area contributed by atoms with Gasteiger partial charge in [-0.05, 0) is 72.1 Å². The minimum Gasteiger partial charge on any atom is -0.399 e. The van der Waals surface area contributed by atoms with Crippen LogP contribution in [0.3, 0.4) is 0 Å². The summed E-state index contributed by atoms with van der Waals surface area (Å²) in [4.78, 5) is 0. The van der Waals surface area contributed by atoms with Crippen LogP contribution in [0.15, 0.2) is 42.5 Å². The zero-order valence-corrected chi connectivity index (χ0v) is 14.5. The summed E-state index contributed by atoms with van der Waals surface area (Å²) in [7, 11) is 0. The summed E-state index contributed by atoms with van der Waals surface area (Å²) in [6.07, 6.45) is 4.55. The van der Waals surface area contributed by atoms with Crippen molar-refractivity contribution in [3.63, 3.8) is 0 Å². The molecule has 0 saturated carbocycles. The Balaban J connectivity index is 2.26. The molecule has 0 bridgehead atoms. The average Bonchev–Trinajstić information content (AvgIpc) is 2.86. The highest BCUT2D eigenvalue weighted by molar-refractivity contribution is 5.58. The van der Waals surface area contributed by atoms with E-state index in [1.165, 1.54) is 16.7 Å². The van der Waals surface area contributed by atoms with E-state index >= 15 is 0 Å². The topological polar surface area (TPSA) is 52.0 Å². The zero-order valence-electron chi connectivity index (χ0n) is 14.5. The monoisotopic (exact) mass is 308 g/mol. The lowest BCUT2D eigenvalue weighted by Crippen LogP contribution is -2.29. The van der Waals surface area contributed by atoms with E-state index in [1.807, 2.05) is 12.1 Å². The summed E-state index contributed by atoms with van der Waals surface area (Å²) in [5, 5.41) is 0. The Morgan fingerprint density at radius 3 is 1.96 bits per heavy atom. The predicted octanol–water partition coefficient (Wildman–Crippen LogP) is 5.01. The molecule has 0 radical (unpaired) electrons. The van der Waals surface area contributed by atoms with E-state index in [4.69, 9.17) is 11.5 Å². The summed E-state index contributed by atoms with van der Waals surface area (Å²) >= 11 is 0. The van der Waals surface area contributed by atoms with Gasteiger partial charge >= 0.3 is 0 Å². The third-order valence-corrected chi connectivity index (χ3v) is 6.19. The number of rotatable bonds is 4. The molecule has 2 aromatic rings. The van der Waals surface area contributed by atoms with Crippen molar-refractivity contribution in [2.75, 3.05) is 11.5 Å². The van der Waals surface area contributed by atoms with E-state index in [1.54, 1.807) is 0 Å². The van der Waals surface area contributed by atoms with Gasteiger partial charge < -0.3 is 11.5 Å². The van der Waals surface area contributed by atoms with Crippen molar-refractivity contribution < 1.29 is 0 Å². The first kappa shape index (κ1) is 15.9. The van der Waals surface area contributed by atoms with Crippen LogP contribution in [-0.4, -0.2) is 0 Å². The molecule has 1 aliphatic rings. The van der Waals surface area contributed by atoms with Crippen molar-refractivity contribution in [3.8, 4) is 0 Å². The third kappa shape index (κ3) is 2.23. The van der Waals surface area contributed by atoms with Crippen LogP contribution in [0.4, 0.5) is 11.4 Å². The van der Waals surface area contributed by atoms with E-state index in [0.29, 0.717) is 0 Å². The highest BCUT2D eigenvalue weighted by atomic mass is 14.6. The molecular formula is C21H28N2. The quantitative estimate of drug-likeness (QED) is 0.780. The average molecular weight is 308 g/mol. The Hall–Kier alpha value is -1.96. The van der Waals surface area contributed by atoms with Gasteiger partial charge in [0.15, 0.2) is 0 Å². The fraction of sp³-hybridized carbons (Fsp3) is 0.429. The van der Waals surface area contributed by atoms with Gasteiger partial charge in [-0.15, -0.1) is 0 Å². The number of anilines is 2. The Kier molecular flexibility index (Phi) is 3.87. The van der Waals surface area contributed by atoms with Crippen molar-refractivity contribution in [1.82, 2.24) is 0 Å². The largest absolute Gasteiger partial charge is 0.399 e. The maximum absolute atomic E-state index is 6.13. The fourth-order valence-corrected chi connectivity index (χ4v) is 4.65. The Labute approximate surface area is 139 Å². The van der Waals surface area contributed by atoms with Gasteiger partial charge in [-0.25, -0.2) is 0 Å². The Morgan fingerprint density at radius 2 is 1.39 bits per heavy atom. The second-order valence-corrected chi connectivity index (χ2v) is 7.03.